The third kappa shape index (κ3) is 3.34. The number of rotatable bonds is 5. The fraction of sp³-hybridized carbons (Fsp3) is 0.368. The van der Waals surface area contributed by atoms with E-state index >= 15 is 0 Å². The molecule has 3 heterocycles. The number of imidazole rings is 1. The lowest BCUT2D eigenvalue weighted by Gasteiger charge is -2.19. The van der Waals surface area contributed by atoms with E-state index in [9.17, 15) is 0 Å². The third-order valence-corrected chi connectivity index (χ3v) is 5.19. The van der Waals surface area contributed by atoms with Gasteiger partial charge in [-0.1, -0.05) is 29.8 Å². The fourth-order valence-corrected chi connectivity index (χ4v) is 3.66. The molecule has 0 saturated carbocycles. The number of benzene rings is 1. The number of fused-ring (bicyclic) bond motifs is 1. The van der Waals surface area contributed by atoms with Crippen LogP contribution in [0.25, 0.3) is 16.9 Å². The number of hydrogen-bond acceptors (Lipinski definition) is 4. The second-order valence-electron chi connectivity index (χ2n) is 6.48. The highest BCUT2D eigenvalue weighted by Crippen LogP contribution is 2.28. The largest absolute Gasteiger partial charge is 0.477 e. The van der Waals surface area contributed by atoms with Gasteiger partial charge in [-0.3, -0.25) is 0 Å². The molecule has 0 bridgehead atoms. The van der Waals surface area contributed by atoms with Crippen molar-refractivity contribution in [2.24, 2.45) is 0 Å². The van der Waals surface area contributed by atoms with Crippen molar-refractivity contribution in [1.82, 2.24) is 19.5 Å². The van der Waals surface area contributed by atoms with Crippen molar-refractivity contribution in [3.8, 4) is 17.1 Å². The number of halogens is 1. The molecule has 1 fully saturated rings. The first-order valence-corrected chi connectivity index (χ1v) is 9.03. The molecule has 4 rings (SSSR count). The lowest BCUT2D eigenvalue weighted by Crippen LogP contribution is -2.26. The minimum Gasteiger partial charge on any atom is -0.477 e. The Kier molecular flexibility index (Phi) is 4.59. The van der Waals surface area contributed by atoms with E-state index in [1.807, 2.05) is 36.4 Å². The minimum atomic E-state index is 0.611. The average molecular weight is 357 g/mol. The maximum atomic E-state index is 6.32. The number of hydrogen-bond donors (Lipinski definition) is 0. The first-order valence-electron chi connectivity index (χ1n) is 8.65. The molecule has 130 valence electrons. The van der Waals surface area contributed by atoms with Crippen LogP contribution >= 0.6 is 11.6 Å². The average Bonchev–Trinajstić information content (AvgIpc) is 3.22. The Labute approximate surface area is 152 Å². The maximum Gasteiger partial charge on any atom is 0.231 e. The van der Waals surface area contributed by atoms with Crippen LogP contribution in [-0.2, 0) is 0 Å². The lowest BCUT2D eigenvalue weighted by molar-refractivity contribution is 0.227. The molecule has 1 atom stereocenters. The van der Waals surface area contributed by atoms with Crippen LogP contribution in [0.15, 0.2) is 42.6 Å². The molecule has 25 heavy (non-hydrogen) atoms. The number of likely N-dealkylation sites (tertiary alicyclic amines) is 1. The summed E-state index contributed by atoms with van der Waals surface area (Å²) in [5.41, 5.74) is 2.55. The summed E-state index contributed by atoms with van der Waals surface area (Å²) in [6.07, 6.45) is 5.35. The van der Waals surface area contributed by atoms with Crippen LogP contribution in [-0.4, -0.2) is 45.7 Å². The van der Waals surface area contributed by atoms with Gasteiger partial charge in [0.05, 0.1) is 23.5 Å². The van der Waals surface area contributed by atoms with Crippen LogP contribution in [0.3, 0.4) is 0 Å². The van der Waals surface area contributed by atoms with Gasteiger partial charge in [0, 0.05) is 17.7 Å². The van der Waals surface area contributed by atoms with Crippen molar-refractivity contribution in [3.63, 3.8) is 0 Å². The summed E-state index contributed by atoms with van der Waals surface area (Å²) in [7, 11) is 2.18. The van der Waals surface area contributed by atoms with E-state index in [4.69, 9.17) is 16.3 Å². The molecule has 0 aliphatic carbocycles. The summed E-state index contributed by atoms with van der Waals surface area (Å²) in [5.74, 6) is 0.611. The summed E-state index contributed by atoms with van der Waals surface area (Å²) >= 11 is 6.32. The molecular formula is C19H21ClN4O. The molecule has 2 aromatic heterocycles. The van der Waals surface area contributed by atoms with Gasteiger partial charge in [-0.15, -0.1) is 5.10 Å². The monoisotopic (exact) mass is 356 g/mol. The zero-order chi connectivity index (χ0) is 17.2. The summed E-state index contributed by atoms with van der Waals surface area (Å²) in [6, 6.07) is 12.1. The van der Waals surface area contributed by atoms with E-state index in [0.717, 1.165) is 23.3 Å². The minimum absolute atomic E-state index is 0.611. The number of aromatic nitrogens is 3. The van der Waals surface area contributed by atoms with Crippen LogP contribution < -0.4 is 4.74 Å². The van der Waals surface area contributed by atoms with Gasteiger partial charge in [-0.2, -0.15) is 0 Å². The van der Waals surface area contributed by atoms with Crippen LogP contribution in [0.4, 0.5) is 0 Å². The summed E-state index contributed by atoms with van der Waals surface area (Å²) in [4.78, 5) is 6.82. The molecular weight excluding hydrogens is 336 g/mol. The van der Waals surface area contributed by atoms with Gasteiger partial charge in [0.25, 0.3) is 0 Å². The Hall–Kier alpha value is -2.11. The molecule has 1 aromatic carbocycles. The Morgan fingerprint density at radius 3 is 2.92 bits per heavy atom. The molecule has 0 amide bonds. The van der Waals surface area contributed by atoms with Crippen molar-refractivity contribution in [3.05, 3.63) is 47.6 Å². The maximum absolute atomic E-state index is 6.32. The normalized spacial score (nSPS) is 18.1. The van der Waals surface area contributed by atoms with E-state index in [1.54, 1.807) is 10.7 Å². The van der Waals surface area contributed by atoms with Crippen molar-refractivity contribution in [2.45, 2.75) is 25.3 Å². The van der Waals surface area contributed by atoms with E-state index in [2.05, 4.69) is 22.0 Å². The highest BCUT2D eigenvalue weighted by Gasteiger charge is 2.20. The Balaban J connectivity index is 1.53. The molecule has 0 spiro atoms. The standard InChI is InChI=1S/C19H21ClN4O/c1-23-11-4-5-14(23)10-12-25-19-9-8-18-21-13-17(24(18)22-19)15-6-2-3-7-16(15)20/h2-3,6-9,13-14H,4-5,10-12H2,1H3. The molecule has 6 heteroatoms. The smallest absolute Gasteiger partial charge is 0.231 e. The van der Waals surface area contributed by atoms with Gasteiger partial charge in [0.15, 0.2) is 5.65 Å². The summed E-state index contributed by atoms with van der Waals surface area (Å²) in [6.45, 7) is 1.86. The highest BCUT2D eigenvalue weighted by atomic mass is 35.5. The highest BCUT2D eigenvalue weighted by molar-refractivity contribution is 6.33. The third-order valence-electron chi connectivity index (χ3n) is 4.86. The SMILES string of the molecule is CN1CCCC1CCOc1ccc2ncc(-c3ccccc3Cl)n2n1. The zero-order valence-electron chi connectivity index (χ0n) is 14.2. The fourth-order valence-electron chi connectivity index (χ4n) is 3.43. The summed E-state index contributed by atoms with van der Waals surface area (Å²) < 4.78 is 7.69. The predicted molar refractivity (Wildman–Crippen MR) is 99.2 cm³/mol. The van der Waals surface area contributed by atoms with Crippen molar-refractivity contribution in [2.75, 3.05) is 20.2 Å². The number of ether oxygens (including phenoxy) is 1. The van der Waals surface area contributed by atoms with Crippen LogP contribution in [0.2, 0.25) is 5.02 Å². The number of nitrogens with zero attached hydrogens (tertiary/aromatic N) is 4. The van der Waals surface area contributed by atoms with Crippen molar-refractivity contribution >= 4 is 17.2 Å². The predicted octanol–water partition coefficient (Wildman–Crippen LogP) is 3.91. The van der Waals surface area contributed by atoms with Crippen LogP contribution in [0, 0.1) is 0 Å². The second kappa shape index (κ2) is 7.02. The van der Waals surface area contributed by atoms with Gasteiger partial charge >= 0.3 is 0 Å². The van der Waals surface area contributed by atoms with Gasteiger partial charge in [-0.25, -0.2) is 9.50 Å². The second-order valence-corrected chi connectivity index (χ2v) is 6.89. The molecule has 1 aliphatic rings. The van der Waals surface area contributed by atoms with E-state index in [1.165, 1.54) is 19.4 Å². The van der Waals surface area contributed by atoms with E-state index in [0.29, 0.717) is 23.6 Å². The molecule has 5 nitrogen and oxygen atoms in total. The van der Waals surface area contributed by atoms with E-state index < -0.39 is 0 Å². The Bertz CT molecular complexity index is 879. The summed E-state index contributed by atoms with van der Waals surface area (Å²) in [5, 5.41) is 5.28. The zero-order valence-corrected chi connectivity index (χ0v) is 15.0. The first kappa shape index (κ1) is 16.4. The van der Waals surface area contributed by atoms with Gasteiger partial charge in [0.1, 0.15) is 0 Å². The van der Waals surface area contributed by atoms with Crippen molar-refractivity contribution < 1.29 is 4.74 Å². The molecule has 0 N–H and O–H groups in total. The molecule has 3 aromatic rings. The van der Waals surface area contributed by atoms with Crippen LogP contribution in [0.1, 0.15) is 19.3 Å². The molecule has 0 radical (unpaired) electrons. The van der Waals surface area contributed by atoms with Crippen LogP contribution in [0.5, 0.6) is 5.88 Å². The Morgan fingerprint density at radius 2 is 2.12 bits per heavy atom. The first-order chi connectivity index (χ1) is 12.2. The lowest BCUT2D eigenvalue weighted by atomic mass is 10.1. The molecule has 1 unspecified atom stereocenters. The molecule has 1 aliphatic heterocycles. The van der Waals surface area contributed by atoms with Gasteiger partial charge in [-0.05, 0) is 45.0 Å². The van der Waals surface area contributed by atoms with E-state index in [-0.39, 0.29) is 0 Å². The van der Waals surface area contributed by atoms with Crippen molar-refractivity contribution in [1.29, 1.82) is 0 Å². The van der Waals surface area contributed by atoms with Gasteiger partial charge in [0.2, 0.25) is 5.88 Å². The quantitative estimate of drug-likeness (QED) is 0.695. The van der Waals surface area contributed by atoms with Gasteiger partial charge < -0.3 is 9.64 Å². The Morgan fingerprint density at radius 1 is 1.24 bits per heavy atom. The molecule has 1 saturated heterocycles. The topological polar surface area (TPSA) is 42.7 Å².